The highest BCUT2D eigenvalue weighted by Crippen LogP contribution is 2.17. The number of esters is 3. The van der Waals surface area contributed by atoms with E-state index in [1.54, 1.807) is 0 Å². The first-order valence-electron chi connectivity index (χ1n) is 22.2. The number of carbonyl (C=O) groups excluding carboxylic acids is 3. The summed E-state index contributed by atoms with van der Waals surface area (Å²) in [7, 11) is 0. The maximum atomic E-state index is 12.7. The molecule has 0 fully saturated rings. The molecule has 0 aromatic heterocycles. The number of hydrogen-bond acceptors (Lipinski definition) is 6. The highest BCUT2D eigenvalue weighted by atomic mass is 16.6. The Labute approximate surface area is 317 Å². The van der Waals surface area contributed by atoms with Crippen LogP contribution in [0.3, 0.4) is 0 Å². The van der Waals surface area contributed by atoms with E-state index in [9.17, 15) is 14.4 Å². The summed E-state index contributed by atoms with van der Waals surface area (Å²) < 4.78 is 16.7. The van der Waals surface area contributed by atoms with Gasteiger partial charge in [-0.3, -0.25) is 14.4 Å². The van der Waals surface area contributed by atoms with Gasteiger partial charge in [0.05, 0.1) is 0 Å². The van der Waals surface area contributed by atoms with Gasteiger partial charge in [0.15, 0.2) is 6.10 Å². The van der Waals surface area contributed by atoms with Crippen LogP contribution in [0.25, 0.3) is 0 Å². The number of rotatable bonds is 38. The molecule has 0 saturated heterocycles. The second kappa shape index (κ2) is 36.8. The summed E-state index contributed by atoms with van der Waals surface area (Å²) in [6.45, 7) is 13.6. The molecule has 3 atom stereocenters. The van der Waals surface area contributed by atoms with Crippen LogP contribution in [-0.4, -0.2) is 37.2 Å². The molecule has 0 spiro atoms. The predicted molar refractivity (Wildman–Crippen MR) is 215 cm³/mol. The third kappa shape index (κ3) is 36.6. The van der Waals surface area contributed by atoms with Gasteiger partial charge in [0.1, 0.15) is 13.2 Å². The second-order valence-electron chi connectivity index (χ2n) is 16.3. The van der Waals surface area contributed by atoms with Gasteiger partial charge in [-0.15, -0.1) is 0 Å². The first kappa shape index (κ1) is 49.4. The molecule has 302 valence electrons. The maximum absolute atomic E-state index is 12.7. The number of unbranched alkanes of at least 4 members (excludes halogenated alkanes) is 19. The minimum atomic E-state index is -0.762. The zero-order valence-electron chi connectivity index (χ0n) is 34.9. The molecule has 0 aliphatic heterocycles. The molecule has 0 rings (SSSR count). The van der Waals surface area contributed by atoms with Crippen molar-refractivity contribution in [3.63, 3.8) is 0 Å². The Kier molecular flexibility index (Phi) is 35.6. The Bertz CT molecular complexity index is 796. The zero-order chi connectivity index (χ0) is 37.8. The topological polar surface area (TPSA) is 78.9 Å². The van der Waals surface area contributed by atoms with Crippen molar-refractivity contribution in [2.45, 2.75) is 240 Å². The van der Waals surface area contributed by atoms with Crippen molar-refractivity contribution in [2.24, 2.45) is 17.8 Å². The van der Waals surface area contributed by atoms with Crippen LogP contribution in [0.15, 0.2) is 0 Å². The molecule has 2 unspecified atom stereocenters. The van der Waals surface area contributed by atoms with E-state index in [0.29, 0.717) is 19.3 Å². The Morgan fingerprint density at radius 1 is 0.392 bits per heavy atom. The van der Waals surface area contributed by atoms with Crippen molar-refractivity contribution in [1.29, 1.82) is 0 Å². The molecule has 51 heavy (non-hydrogen) atoms. The van der Waals surface area contributed by atoms with Crippen molar-refractivity contribution in [1.82, 2.24) is 0 Å². The Morgan fingerprint density at radius 2 is 0.686 bits per heavy atom. The predicted octanol–water partition coefficient (Wildman–Crippen LogP) is 13.7. The monoisotopic (exact) mass is 723 g/mol. The zero-order valence-corrected chi connectivity index (χ0v) is 34.9. The third-order valence-corrected chi connectivity index (χ3v) is 10.6. The minimum Gasteiger partial charge on any atom is -0.462 e. The Morgan fingerprint density at radius 3 is 1.02 bits per heavy atom. The summed E-state index contributed by atoms with van der Waals surface area (Å²) in [5.41, 5.74) is 0. The number of hydrogen-bond donors (Lipinski definition) is 0. The number of carbonyl (C=O) groups is 3. The fourth-order valence-electron chi connectivity index (χ4n) is 6.46. The van der Waals surface area contributed by atoms with Crippen molar-refractivity contribution >= 4 is 17.9 Å². The van der Waals surface area contributed by atoms with E-state index >= 15 is 0 Å². The molecule has 0 aromatic rings. The van der Waals surface area contributed by atoms with E-state index in [1.165, 1.54) is 116 Å². The first-order valence-corrected chi connectivity index (χ1v) is 22.2. The average molecular weight is 723 g/mol. The van der Waals surface area contributed by atoms with Gasteiger partial charge in [-0.05, 0) is 37.0 Å². The normalized spacial score (nSPS) is 13.2. The Balaban J connectivity index is 4.37. The molecule has 0 N–H and O–H groups in total. The van der Waals surface area contributed by atoms with Crippen molar-refractivity contribution in [2.75, 3.05) is 13.2 Å². The van der Waals surface area contributed by atoms with E-state index in [4.69, 9.17) is 14.2 Å². The van der Waals surface area contributed by atoms with E-state index in [2.05, 4.69) is 41.5 Å². The van der Waals surface area contributed by atoms with E-state index < -0.39 is 6.10 Å². The summed E-state index contributed by atoms with van der Waals surface area (Å²) in [5, 5.41) is 0. The quantitative estimate of drug-likeness (QED) is 0.0359. The molecule has 6 heteroatoms. The van der Waals surface area contributed by atoms with Crippen LogP contribution in [0.2, 0.25) is 0 Å². The molecule has 0 aliphatic carbocycles. The van der Waals surface area contributed by atoms with Crippen molar-refractivity contribution in [3.8, 4) is 0 Å². The van der Waals surface area contributed by atoms with Crippen LogP contribution in [0, 0.1) is 17.8 Å². The van der Waals surface area contributed by atoms with E-state index in [1.807, 2.05) is 0 Å². The van der Waals surface area contributed by atoms with Gasteiger partial charge in [0, 0.05) is 19.3 Å². The van der Waals surface area contributed by atoms with Crippen LogP contribution in [0.5, 0.6) is 0 Å². The third-order valence-electron chi connectivity index (χ3n) is 10.6. The lowest BCUT2D eigenvalue weighted by Crippen LogP contribution is -2.30. The lowest BCUT2D eigenvalue weighted by molar-refractivity contribution is -0.167. The van der Waals surface area contributed by atoms with Gasteiger partial charge in [0.2, 0.25) is 0 Å². The molecule has 0 heterocycles. The lowest BCUT2D eigenvalue weighted by Gasteiger charge is -2.18. The molecule has 0 saturated carbocycles. The second-order valence-corrected chi connectivity index (χ2v) is 16.3. The highest BCUT2D eigenvalue weighted by Gasteiger charge is 2.19. The molecule has 0 aromatic carbocycles. The molecule has 0 amide bonds. The fourth-order valence-corrected chi connectivity index (χ4v) is 6.46. The van der Waals surface area contributed by atoms with Gasteiger partial charge >= 0.3 is 17.9 Å². The average Bonchev–Trinajstić information content (AvgIpc) is 3.11. The van der Waals surface area contributed by atoms with Crippen LogP contribution >= 0.6 is 0 Å². The lowest BCUT2D eigenvalue weighted by atomic mass is 9.99. The summed E-state index contributed by atoms with van der Waals surface area (Å²) in [4.78, 5) is 37.6. The highest BCUT2D eigenvalue weighted by molar-refractivity contribution is 5.71. The standard InChI is InChI=1S/C45H86O6/c1-7-40(5)32-26-20-14-10-12-16-23-29-35-44(47)50-38-42(51-45(48)36-30-24-18-17-21-27-33-41(6)8-2)37-49-43(46)34-28-22-15-11-9-13-19-25-31-39(3)4/h39-42H,7-38H2,1-6H3/t40?,41?,42-/m1/s1. The van der Waals surface area contributed by atoms with Crippen molar-refractivity contribution in [3.05, 3.63) is 0 Å². The van der Waals surface area contributed by atoms with Gasteiger partial charge in [0.25, 0.3) is 0 Å². The SMILES string of the molecule is CCC(C)CCCCCCCCCCC(=O)OC[C@@H](COC(=O)CCCCCCCCCCC(C)C)OC(=O)CCCCCCCCC(C)CC. The van der Waals surface area contributed by atoms with Gasteiger partial charge < -0.3 is 14.2 Å². The van der Waals surface area contributed by atoms with Gasteiger partial charge in [-0.25, -0.2) is 0 Å². The summed E-state index contributed by atoms with van der Waals surface area (Å²) in [6.07, 6.45) is 32.3. The smallest absolute Gasteiger partial charge is 0.306 e. The van der Waals surface area contributed by atoms with Crippen LogP contribution < -0.4 is 0 Å². The van der Waals surface area contributed by atoms with E-state index in [0.717, 1.165) is 75.5 Å². The van der Waals surface area contributed by atoms with Crippen LogP contribution in [-0.2, 0) is 28.6 Å². The summed E-state index contributed by atoms with van der Waals surface area (Å²) >= 11 is 0. The molecule has 0 radical (unpaired) electrons. The Hall–Kier alpha value is -1.59. The number of ether oxygens (including phenoxy) is 3. The molecular formula is C45H86O6. The van der Waals surface area contributed by atoms with E-state index in [-0.39, 0.29) is 31.1 Å². The minimum absolute atomic E-state index is 0.0676. The van der Waals surface area contributed by atoms with Crippen LogP contribution in [0.4, 0.5) is 0 Å². The molecule has 0 aliphatic rings. The van der Waals surface area contributed by atoms with Crippen LogP contribution in [0.1, 0.15) is 234 Å². The molecule has 0 bridgehead atoms. The summed E-state index contributed by atoms with van der Waals surface area (Å²) in [5.74, 6) is 1.58. The largest absolute Gasteiger partial charge is 0.462 e. The summed E-state index contributed by atoms with van der Waals surface area (Å²) in [6, 6.07) is 0. The molecular weight excluding hydrogens is 636 g/mol. The fraction of sp³-hybridized carbons (Fsp3) is 0.933. The molecule has 6 nitrogen and oxygen atoms in total. The van der Waals surface area contributed by atoms with Gasteiger partial charge in [-0.2, -0.15) is 0 Å². The first-order chi connectivity index (χ1) is 24.7. The van der Waals surface area contributed by atoms with Gasteiger partial charge in [-0.1, -0.05) is 196 Å². The maximum Gasteiger partial charge on any atom is 0.306 e. The van der Waals surface area contributed by atoms with Crippen molar-refractivity contribution < 1.29 is 28.6 Å².